The number of aromatic hydroxyl groups is 1. The zero-order valence-electron chi connectivity index (χ0n) is 13.7. The molecule has 0 saturated carbocycles. The number of phenolic OH excluding ortho intramolecular Hbond substituents is 1. The SMILES string of the molecule is COc1cccc(C(=O)OC(C)C(=O)Nc2cccc(C)c2)c1O. The van der Waals surface area contributed by atoms with Crippen LogP contribution in [0.4, 0.5) is 5.69 Å². The lowest BCUT2D eigenvalue weighted by atomic mass is 10.2. The summed E-state index contributed by atoms with van der Waals surface area (Å²) >= 11 is 0. The van der Waals surface area contributed by atoms with Crippen LogP contribution in [0.1, 0.15) is 22.8 Å². The third kappa shape index (κ3) is 4.04. The Morgan fingerprint density at radius 1 is 1.17 bits per heavy atom. The van der Waals surface area contributed by atoms with E-state index in [1.165, 1.54) is 26.2 Å². The molecule has 6 nitrogen and oxygen atoms in total. The molecule has 2 aromatic rings. The van der Waals surface area contributed by atoms with Crippen molar-refractivity contribution >= 4 is 17.6 Å². The molecule has 0 saturated heterocycles. The van der Waals surface area contributed by atoms with Crippen LogP contribution in [0.2, 0.25) is 0 Å². The highest BCUT2D eigenvalue weighted by atomic mass is 16.5. The first-order valence-electron chi connectivity index (χ1n) is 7.37. The van der Waals surface area contributed by atoms with Crippen LogP contribution in [0.15, 0.2) is 42.5 Å². The molecule has 2 rings (SSSR count). The number of ether oxygens (including phenoxy) is 2. The second-order valence-corrected chi connectivity index (χ2v) is 5.26. The molecule has 0 heterocycles. The standard InChI is InChI=1S/C18H19NO5/c1-11-6-4-7-13(10-11)19-17(21)12(2)24-18(22)14-8-5-9-15(23-3)16(14)20/h4-10,12,20H,1-3H3,(H,19,21). The van der Waals surface area contributed by atoms with Gasteiger partial charge in [-0.05, 0) is 43.7 Å². The van der Waals surface area contributed by atoms with E-state index in [4.69, 9.17) is 9.47 Å². The van der Waals surface area contributed by atoms with Gasteiger partial charge in [-0.3, -0.25) is 4.79 Å². The number of carbonyl (C=O) groups is 2. The van der Waals surface area contributed by atoms with Gasteiger partial charge >= 0.3 is 5.97 Å². The minimum absolute atomic E-state index is 0.0652. The van der Waals surface area contributed by atoms with E-state index >= 15 is 0 Å². The number of amides is 1. The average molecular weight is 329 g/mol. The van der Waals surface area contributed by atoms with Crippen molar-refractivity contribution in [1.82, 2.24) is 0 Å². The molecule has 0 aromatic heterocycles. The van der Waals surface area contributed by atoms with Gasteiger partial charge in [0, 0.05) is 5.69 Å². The molecule has 0 aliphatic rings. The molecule has 0 aliphatic heterocycles. The summed E-state index contributed by atoms with van der Waals surface area (Å²) in [6.45, 7) is 3.37. The number of benzene rings is 2. The third-order valence-electron chi connectivity index (χ3n) is 3.38. The summed E-state index contributed by atoms with van der Waals surface area (Å²) in [5.74, 6) is -1.44. The molecule has 2 aromatic carbocycles. The smallest absolute Gasteiger partial charge is 0.342 e. The van der Waals surface area contributed by atoms with Gasteiger partial charge in [0.15, 0.2) is 17.6 Å². The quantitative estimate of drug-likeness (QED) is 0.824. The Morgan fingerprint density at radius 2 is 1.88 bits per heavy atom. The molecule has 1 unspecified atom stereocenters. The van der Waals surface area contributed by atoms with Crippen LogP contribution in [0.5, 0.6) is 11.5 Å². The molecule has 24 heavy (non-hydrogen) atoms. The van der Waals surface area contributed by atoms with Crippen molar-refractivity contribution in [3.63, 3.8) is 0 Å². The molecule has 2 N–H and O–H groups in total. The van der Waals surface area contributed by atoms with Crippen LogP contribution < -0.4 is 10.1 Å². The number of nitrogens with one attached hydrogen (secondary N) is 1. The second kappa shape index (κ2) is 7.50. The van der Waals surface area contributed by atoms with Crippen LogP contribution >= 0.6 is 0 Å². The van der Waals surface area contributed by atoms with Gasteiger partial charge in [-0.25, -0.2) is 4.79 Å². The number of esters is 1. The van der Waals surface area contributed by atoms with E-state index in [0.717, 1.165) is 5.56 Å². The predicted molar refractivity (Wildman–Crippen MR) is 89.3 cm³/mol. The average Bonchev–Trinajstić information content (AvgIpc) is 2.54. The maximum Gasteiger partial charge on any atom is 0.342 e. The van der Waals surface area contributed by atoms with Crippen molar-refractivity contribution in [3.8, 4) is 11.5 Å². The highest BCUT2D eigenvalue weighted by Crippen LogP contribution is 2.30. The minimum atomic E-state index is -1.02. The number of aryl methyl sites for hydroxylation is 1. The molecule has 1 amide bonds. The first kappa shape index (κ1) is 17.3. The number of hydrogen-bond acceptors (Lipinski definition) is 5. The van der Waals surface area contributed by atoms with E-state index < -0.39 is 18.0 Å². The van der Waals surface area contributed by atoms with E-state index in [0.29, 0.717) is 5.69 Å². The number of hydrogen-bond donors (Lipinski definition) is 2. The van der Waals surface area contributed by atoms with Crippen LogP contribution in [0, 0.1) is 6.92 Å². The molecule has 1 atom stereocenters. The number of rotatable bonds is 5. The zero-order chi connectivity index (χ0) is 17.7. The van der Waals surface area contributed by atoms with Crippen molar-refractivity contribution in [2.24, 2.45) is 0 Å². The third-order valence-corrected chi connectivity index (χ3v) is 3.38. The Hall–Kier alpha value is -3.02. The van der Waals surface area contributed by atoms with Gasteiger partial charge in [0.05, 0.1) is 7.11 Å². The summed E-state index contributed by atoms with van der Waals surface area (Å²) in [4.78, 5) is 24.3. The predicted octanol–water partition coefficient (Wildman–Crippen LogP) is 2.89. The highest BCUT2D eigenvalue weighted by Gasteiger charge is 2.22. The lowest BCUT2D eigenvalue weighted by molar-refractivity contribution is -0.123. The summed E-state index contributed by atoms with van der Waals surface area (Å²) in [5.41, 5.74) is 1.55. The Morgan fingerprint density at radius 3 is 2.54 bits per heavy atom. The number of para-hydroxylation sites is 1. The van der Waals surface area contributed by atoms with E-state index in [9.17, 15) is 14.7 Å². The Labute approximate surface area is 140 Å². The molecule has 0 radical (unpaired) electrons. The van der Waals surface area contributed by atoms with Crippen LogP contribution in [0.25, 0.3) is 0 Å². The van der Waals surface area contributed by atoms with Gasteiger partial charge in [-0.15, -0.1) is 0 Å². The van der Waals surface area contributed by atoms with Crippen molar-refractivity contribution in [3.05, 3.63) is 53.6 Å². The normalized spacial score (nSPS) is 11.5. The van der Waals surface area contributed by atoms with Gasteiger partial charge in [0.1, 0.15) is 5.56 Å². The molecular formula is C18H19NO5. The van der Waals surface area contributed by atoms with Crippen LogP contribution in [-0.4, -0.2) is 30.2 Å². The summed E-state index contributed by atoms with van der Waals surface area (Å²) in [7, 11) is 1.38. The maximum atomic E-state index is 12.1. The van der Waals surface area contributed by atoms with Crippen molar-refractivity contribution in [1.29, 1.82) is 0 Å². The van der Waals surface area contributed by atoms with Gasteiger partial charge in [-0.1, -0.05) is 18.2 Å². The first-order valence-corrected chi connectivity index (χ1v) is 7.37. The summed E-state index contributed by atoms with van der Waals surface area (Å²) in [5, 5.41) is 12.6. The minimum Gasteiger partial charge on any atom is -0.504 e. The molecule has 6 heteroatoms. The van der Waals surface area contributed by atoms with Crippen LogP contribution in [0.3, 0.4) is 0 Å². The molecule has 126 valence electrons. The fraction of sp³-hybridized carbons (Fsp3) is 0.222. The summed E-state index contributed by atoms with van der Waals surface area (Å²) in [6.07, 6.45) is -1.02. The Bertz CT molecular complexity index is 757. The van der Waals surface area contributed by atoms with Crippen molar-refractivity contribution in [2.75, 3.05) is 12.4 Å². The number of carbonyl (C=O) groups excluding carboxylic acids is 2. The van der Waals surface area contributed by atoms with Crippen LogP contribution in [-0.2, 0) is 9.53 Å². The number of phenols is 1. The number of anilines is 1. The Kier molecular flexibility index (Phi) is 5.42. The summed E-state index contributed by atoms with van der Waals surface area (Å²) in [6, 6.07) is 11.7. The zero-order valence-corrected chi connectivity index (χ0v) is 13.7. The van der Waals surface area contributed by atoms with Gasteiger partial charge in [0.2, 0.25) is 0 Å². The van der Waals surface area contributed by atoms with E-state index in [1.807, 2.05) is 19.1 Å². The van der Waals surface area contributed by atoms with E-state index in [1.54, 1.807) is 18.2 Å². The maximum absolute atomic E-state index is 12.1. The second-order valence-electron chi connectivity index (χ2n) is 5.26. The lowest BCUT2D eigenvalue weighted by Crippen LogP contribution is -2.30. The first-order chi connectivity index (χ1) is 11.4. The largest absolute Gasteiger partial charge is 0.504 e. The van der Waals surface area contributed by atoms with Crippen molar-refractivity contribution in [2.45, 2.75) is 20.0 Å². The van der Waals surface area contributed by atoms with Crippen molar-refractivity contribution < 1.29 is 24.2 Å². The monoisotopic (exact) mass is 329 g/mol. The van der Waals surface area contributed by atoms with E-state index in [-0.39, 0.29) is 17.1 Å². The molecule has 0 fully saturated rings. The fourth-order valence-corrected chi connectivity index (χ4v) is 2.10. The highest BCUT2D eigenvalue weighted by molar-refractivity contribution is 5.98. The molecule has 0 aliphatic carbocycles. The lowest BCUT2D eigenvalue weighted by Gasteiger charge is -2.15. The van der Waals surface area contributed by atoms with Gasteiger partial charge < -0.3 is 19.9 Å². The molecular weight excluding hydrogens is 310 g/mol. The topological polar surface area (TPSA) is 84.9 Å². The summed E-state index contributed by atoms with van der Waals surface area (Å²) < 4.78 is 10.1. The molecule has 0 spiro atoms. The molecule has 0 bridgehead atoms. The van der Waals surface area contributed by atoms with E-state index in [2.05, 4.69) is 5.32 Å². The fourth-order valence-electron chi connectivity index (χ4n) is 2.10. The van der Waals surface area contributed by atoms with Gasteiger partial charge in [-0.2, -0.15) is 0 Å². The Balaban J connectivity index is 2.04. The van der Waals surface area contributed by atoms with Gasteiger partial charge in [0.25, 0.3) is 5.91 Å². The number of methoxy groups -OCH3 is 1.